The number of hydrogen-bond donors (Lipinski definition) is 1. The van der Waals surface area contributed by atoms with Gasteiger partial charge in [-0.05, 0) is 61.7 Å². The molecule has 0 saturated carbocycles. The van der Waals surface area contributed by atoms with Gasteiger partial charge in [-0.2, -0.15) is 4.31 Å². The Morgan fingerprint density at radius 3 is 2.07 bits per heavy atom. The van der Waals surface area contributed by atoms with Crippen LogP contribution in [0.4, 0.5) is 5.69 Å². The second-order valence-electron chi connectivity index (χ2n) is 7.19. The molecule has 156 valence electrons. The second kappa shape index (κ2) is 8.25. The fraction of sp³-hybridized carbons (Fsp3) is 0.350. The van der Waals surface area contributed by atoms with Crippen molar-refractivity contribution in [3.8, 4) is 0 Å². The van der Waals surface area contributed by atoms with Crippen molar-refractivity contribution in [2.45, 2.75) is 36.0 Å². The average Bonchev–Trinajstić information content (AvgIpc) is 2.69. The van der Waals surface area contributed by atoms with Gasteiger partial charge < -0.3 is 5.32 Å². The quantitative estimate of drug-likeness (QED) is 0.777. The minimum atomic E-state index is -3.61. The summed E-state index contributed by atoms with van der Waals surface area (Å²) in [7, 11) is -6.96. The van der Waals surface area contributed by atoms with E-state index in [1.807, 2.05) is 0 Å². The zero-order valence-corrected chi connectivity index (χ0v) is 18.0. The Morgan fingerprint density at radius 1 is 0.897 bits per heavy atom. The maximum Gasteiger partial charge on any atom is 0.255 e. The van der Waals surface area contributed by atoms with E-state index in [1.54, 1.807) is 19.1 Å². The summed E-state index contributed by atoms with van der Waals surface area (Å²) in [6.45, 7) is 2.79. The molecule has 1 aliphatic rings. The molecule has 1 saturated heterocycles. The lowest BCUT2D eigenvalue weighted by Gasteiger charge is -2.26. The topological polar surface area (TPSA) is 101 Å². The van der Waals surface area contributed by atoms with Crippen LogP contribution < -0.4 is 5.32 Å². The molecule has 0 unspecified atom stereocenters. The smallest absolute Gasteiger partial charge is 0.255 e. The molecule has 1 amide bonds. The van der Waals surface area contributed by atoms with E-state index in [1.165, 1.54) is 34.6 Å². The SMILES string of the molecule is Cc1ccc(S(=O)(=O)N2CCCCC2)cc1NC(=O)c1ccc(S(C)(=O)=O)cc1. The highest BCUT2D eigenvalue weighted by molar-refractivity contribution is 7.90. The van der Waals surface area contributed by atoms with Crippen molar-refractivity contribution < 1.29 is 21.6 Å². The predicted molar refractivity (Wildman–Crippen MR) is 111 cm³/mol. The Bertz CT molecular complexity index is 1120. The lowest BCUT2D eigenvalue weighted by Crippen LogP contribution is -2.35. The van der Waals surface area contributed by atoms with E-state index in [2.05, 4.69) is 5.32 Å². The molecule has 7 nitrogen and oxygen atoms in total. The third-order valence-corrected chi connectivity index (χ3v) is 7.98. The summed E-state index contributed by atoms with van der Waals surface area (Å²) in [4.78, 5) is 12.8. The zero-order valence-electron chi connectivity index (χ0n) is 16.4. The fourth-order valence-corrected chi connectivity index (χ4v) is 5.37. The van der Waals surface area contributed by atoms with Crippen molar-refractivity contribution in [3.05, 3.63) is 53.6 Å². The van der Waals surface area contributed by atoms with Crippen LogP contribution in [0.25, 0.3) is 0 Å². The van der Waals surface area contributed by atoms with Crippen LogP contribution in [0.1, 0.15) is 35.2 Å². The van der Waals surface area contributed by atoms with Gasteiger partial charge in [0.1, 0.15) is 0 Å². The number of carbonyl (C=O) groups excluding carboxylic acids is 1. The van der Waals surface area contributed by atoms with E-state index in [0.29, 0.717) is 18.8 Å². The fourth-order valence-electron chi connectivity index (χ4n) is 3.20. The third kappa shape index (κ3) is 4.85. The van der Waals surface area contributed by atoms with Gasteiger partial charge in [0.2, 0.25) is 10.0 Å². The number of benzene rings is 2. The molecular formula is C20H24N2O5S2. The molecule has 0 spiro atoms. The molecule has 1 N–H and O–H groups in total. The summed E-state index contributed by atoms with van der Waals surface area (Å²) in [5, 5.41) is 2.73. The van der Waals surface area contributed by atoms with Crippen LogP contribution in [0.5, 0.6) is 0 Å². The Hall–Kier alpha value is -2.23. The molecule has 0 bridgehead atoms. The molecule has 29 heavy (non-hydrogen) atoms. The zero-order chi connectivity index (χ0) is 21.2. The number of rotatable bonds is 5. The average molecular weight is 437 g/mol. The number of anilines is 1. The summed E-state index contributed by atoms with van der Waals surface area (Å²) in [6, 6.07) is 10.3. The van der Waals surface area contributed by atoms with Gasteiger partial charge in [-0.1, -0.05) is 12.5 Å². The van der Waals surface area contributed by atoms with Gasteiger partial charge in [-0.15, -0.1) is 0 Å². The third-order valence-electron chi connectivity index (χ3n) is 4.95. The first-order chi connectivity index (χ1) is 13.6. The van der Waals surface area contributed by atoms with Crippen LogP contribution in [0.15, 0.2) is 52.3 Å². The Kier molecular flexibility index (Phi) is 6.11. The van der Waals surface area contributed by atoms with Gasteiger partial charge in [-0.3, -0.25) is 4.79 Å². The van der Waals surface area contributed by atoms with Crippen molar-refractivity contribution in [2.75, 3.05) is 24.7 Å². The summed E-state index contributed by atoms with van der Waals surface area (Å²) in [5.41, 5.74) is 1.41. The molecule has 0 aliphatic carbocycles. The molecule has 0 atom stereocenters. The van der Waals surface area contributed by atoms with Gasteiger partial charge >= 0.3 is 0 Å². The Morgan fingerprint density at radius 2 is 1.48 bits per heavy atom. The maximum absolute atomic E-state index is 12.9. The highest BCUT2D eigenvalue weighted by Gasteiger charge is 2.26. The number of sulfonamides is 1. The second-order valence-corrected chi connectivity index (χ2v) is 11.1. The molecule has 3 rings (SSSR count). The molecule has 2 aromatic carbocycles. The standard InChI is InChI=1S/C20H24N2O5S2/c1-15-6-9-18(29(26,27)22-12-4-3-5-13-22)14-19(15)21-20(23)16-7-10-17(11-8-16)28(2,24)25/h6-11,14H,3-5,12-13H2,1-2H3,(H,21,23). The van der Waals surface area contributed by atoms with Crippen LogP contribution in [0.2, 0.25) is 0 Å². The number of aryl methyl sites for hydroxylation is 1. The van der Waals surface area contributed by atoms with Gasteiger partial charge in [0.25, 0.3) is 5.91 Å². The molecule has 0 radical (unpaired) electrons. The van der Waals surface area contributed by atoms with Crippen molar-refractivity contribution in [3.63, 3.8) is 0 Å². The number of nitrogens with zero attached hydrogens (tertiary/aromatic N) is 1. The highest BCUT2D eigenvalue weighted by Crippen LogP contribution is 2.25. The minimum Gasteiger partial charge on any atom is -0.322 e. The summed E-state index contributed by atoms with van der Waals surface area (Å²) in [6.07, 6.45) is 3.81. The van der Waals surface area contributed by atoms with Gasteiger partial charge in [0, 0.05) is 30.6 Å². The maximum atomic E-state index is 12.9. The first-order valence-corrected chi connectivity index (χ1v) is 12.6. The number of hydrogen-bond acceptors (Lipinski definition) is 5. The largest absolute Gasteiger partial charge is 0.322 e. The predicted octanol–water partition coefficient (Wildman–Crippen LogP) is 2.83. The van der Waals surface area contributed by atoms with Gasteiger partial charge in [0.15, 0.2) is 9.84 Å². The van der Waals surface area contributed by atoms with Crippen LogP contribution in [-0.4, -0.2) is 46.4 Å². The van der Waals surface area contributed by atoms with E-state index < -0.39 is 25.8 Å². The monoisotopic (exact) mass is 436 g/mol. The van der Waals surface area contributed by atoms with Crippen LogP contribution in [0, 0.1) is 6.92 Å². The van der Waals surface area contributed by atoms with Crippen LogP contribution in [0.3, 0.4) is 0 Å². The molecule has 9 heteroatoms. The molecule has 0 aromatic heterocycles. The number of nitrogens with one attached hydrogen (secondary N) is 1. The van der Waals surface area contributed by atoms with Crippen molar-refractivity contribution in [2.24, 2.45) is 0 Å². The summed E-state index contributed by atoms with van der Waals surface area (Å²) >= 11 is 0. The number of sulfone groups is 1. The molecule has 2 aromatic rings. The molecule has 1 fully saturated rings. The summed E-state index contributed by atoms with van der Waals surface area (Å²) in [5.74, 6) is -0.444. The summed E-state index contributed by atoms with van der Waals surface area (Å²) < 4.78 is 50.4. The van der Waals surface area contributed by atoms with Crippen LogP contribution in [-0.2, 0) is 19.9 Å². The van der Waals surface area contributed by atoms with Gasteiger partial charge in [0.05, 0.1) is 9.79 Å². The number of amides is 1. The van der Waals surface area contributed by atoms with Crippen molar-refractivity contribution >= 4 is 31.5 Å². The van der Waals surface area contributed by atoms with E-state index >= 15 is 0 Å². The minimum absolute atomic E-state index is 0.125. The van der Waals surface area contributed by atoms with Gasteiger partial charge in [-0.25, -0.2) is 16.8 Å². The van der Waals surface area contributed by atoms with E-state index in [-0.39, 0.29) is 15.4 Å². The van der Waals surface area contributed by atoms with Crippen molar-refractivity contribution in [1.29, 1.82) is 0 Å². The molecule has 1 heterocycles. The van der Waals surface area contributed by atoms with Crippen LogP contribution >= 0.6 is 0 Å². The highest BCUT2D eigenvalue weighted by atomic mass is 32.2. The first-order valence-electron chi connectivity index (χ1n) is 9.31. The molecule has 1 aliphatic heterocycles. The number of carbonyl (C=O) groups is 1. The lowest BCUT2D eigenvalue weighted by molar-refractivity contribution is 0.102. The first kappa shape index (κ1) is 21.5. The van der Waals surface area contributed by atoms with Crippen molar-refractivity contribution in [1.82, 2.24) is 4.31 Å². The van der Waals surface area contributed by atoms with E-state index in [0.717, 1.165) is 31.1 Å². The van der Waals surface area contributed by atoms with E-state index in [9.17, 15) is 21.6 Å². The number of piperidine rings is 1. The van der Waals surface area contributed by atoms with E-state index in [4.69, 9.17) is 0 Å². The normalized spacial score (nSPS) is 15.8. The Balaban J connectivity index is 1.84. The Labute approximate surface area is 171 Å². The molecular weight excluding hydrogens is 412 g/mol. The lowest BCUT2D eigenvalue weighted by atomic mass is 10.1.